The Morgan fingerprint density at radius 2 is 2.19 bits per heavy atom. The molecule has 0 saturated carbocycles. The van der Waals surface area contributed by atoms with Gasteiger partial charge in [0, 0.05) is 24.7 Å². The zero-order valence-electron chi connectivity index (χ0n) is 13.5. The van der Waals surface area contributed by atoms with Crippen molar-refractivity contribution in [3.05, 3.63) is 23.8 Å². The molecule has 1 fully saturated rings. The summed E-state index contributed by atoms with van der Waals surface area (Å²) in [6, 6.07) is 6.67. The van der Waals surface area contributed by atoms with Crippen LogP contribution in [-0.4, -0.2) is 44.3 Å². The summed E-state index contributed by atoms with van der Waals surface area (Å²) in [5, 5.41) is 3.67. The minimum Gasteiger partial charge on any atom is -0.493 e. The Morgan fingerprint density at radius 1 is 1.33 bits per heavy atom. The summed E-state index contributed by atoms with van der Waals surface area (Å²) in [5.41, 5.74) is 1.16. The van der Waals surface area contributed by atoms with Crippen molar-refractivity contribution in [2.75, 3.05) is 33.4 Å². The normalized spacial score (nSPS) is 19.5. The van der Waals surface area contributed by atoms with E-state index in [1.165, 1.54) is 19.4 Å². The molecule has 1 heterocycles. The highest BCUT2D eigenvalue weighted by Gasteiger charge is 2.19. The van der Waals surface area contributed by atoms with E-state index in [0.29, 0.717) is 12.6 Å². The summed E-state index contributed by atoms with van der Waals surface area (Å²) in [4.78, 5) is 2.51. The molecule has 1 aliphatic rings. The molecule has 21 heavy (non-hydrogen) atoms. The quantitative estimate of drug-likeness (QED) is 0.838. The SMILES string of the molecule is CCOc1cccc(CNC2CCCN(CC)C2)c1OC. The first-order valence-corrected chi connectivity index (χ1v) is 8.02. The number of nitrogens with one attached hydrogen (secondary N) is 1. The predicted molar refractivity (Wildman–Crippen MR) is 86.1 cm³/mol. The van der Waals surface area contributed by atoms with Crippen LogP contribution < -0.4 is 14.8 Å². The van der Waals surface area contributed by atoms with Crippen LogP contribution in [-0.2, 0) is 6.54 Å². The minimum absolute atomic E-state index is 0.569. The number of ether oxygens (including phenoxy) is 2. The van der Waals surface area contributed by atoms with Gasteiger partial charge in [-0.2, -0.15) is 0 Å². The summed E-state index contributed by atoms with van der Waals surface area (Å²) >= 11 is 0. The molecule has 1 aromatic rings. The number of methoxy groups -OCH3 is 1. The van der Waals surface area contributed by atoms with Crippen LogP contribution in [0.2, 0.25) is 0 Å². The van der Waals surface area contributed by atoms with E-state index < -0.39 is 0 Å². The van der Waals surface area contributed by atoms with Gasteiger partial charge in [-0.05, 0) is 38.9 Å². The molecule has 0 aromatic heterocycles. The second kappa shape index (κ2) is 8.25. The number of hydrogen-bond donors (Lipinski definition) is 1. The lowest BCUT2D eigenvalue weighted by Crippen LogP contribution is -2.45. The summed E-state index contributed by atoms with van der Waals surface area (Å²) in [6.07, 6.45) is 2.53. The highest BCUT2D eigenvalue weighted by Crippen LogP contribution is 2.31. The Labute approximate surface area is 128 Å². The number of hydrogen-bond acceptors (Lipinski definition) is 4. The van der Waals surface area contributed by atoms with Crippen molar-refractivity contribution in [2.24, 2.45) is 0 Å². The third-order valence-electron chi connectivity index (χ3n) is 4.10. The Hall–Kier alpha value is -1.26. The van der Waals surface area contributed by atoms with Crippen LogP contribution in [0, 0.1) is 0 Å². The Bertz CT molecular complexity index is 437. The molecule has 1 N–H and O–H groups in total. The van der Waals surface area contributed by atoms with Crippen LogP contribution in [0.15, 0.2) is 18.2 Å². The number of likely N-dealkylation sites (tertiary alicyclic amines) is 1. The van der Waals surface area contributed by atoms with E-state index in [0.717, 1.165) is 36.7 Å². The number of likely N-dealkylation sites (N-methyl/N-ethyl adjacent to an activating group) is 1. The van der Waals surface area contributed by atoms with E-state index >= 15 is 0 Å². The molecule has 1 unspecified atom stereocenters. The number of piperidine rings is 1. The molecular weight excluding hydrogens is 264 g/mol. The van der Waals surface area contributed by atoms with Gasteiger partial charge < -0.3 is 19.7 Å². The fourth-order valence-electron chi connectivity index (χ4n) is 2.96. The van der Waals surface area contributed by atoms with E-state index in [-0.39, 0.29) is 0 Å². The molecule has 0 bridgehead atoms. The van der Waals surface area contributed by atoms with Crippen LogP contribution in [0.3, 0.4) is 0 Å². The summed E-state index contributed by atoms with van der Waals surface area (Å²) in [7, 11) is 1.71. The smallest absolute Gasteiger partial charge is 0.165 e. The lowest BCUT2D eigenvalue weighted by atomic mass is 10.1. The lowest BCUT2D eigenvalue weighted by Gasteiger charge is -2.32. The molecule has 1 atom stereocenters. The zero-order valence-corrected chi connectivity index (χ0v) is 13.5. The first-order valence-electron chi connectivity index (χ1n) is 8.02. The number of nitrogens with zero attached hydrogens (tertiary/aromatic N) is 1. The summed E-state index contributed by atoms with van der Waals surface area (Å²) < 4.78 is 11.2. The Balaban J connectivity index is 1.97. The molecule has 1 aliphatic heterocycles. The highest BCUT2D eigenvalue weighted by atomic mass is 16.5. The molecule has 4 nitrogen and oxygen atoms in total. The lowest BCUT2D eigenvalue weighted by molar-refractivity contribution is 0.198. The maximum absolute atomic E-state index is 5.63. The molecule has 1 saturated heterocycles. The summed E-state index contributed by atoms with van der Waals surface area (Å²) in [5.74, 6) is 1.69. The zero-order chi connectivity index (χ0) is 15.1. The van der Waals surface area contributed by atoms with Gasteiger partial charge in [-0.25, -0.2) is 0 Å². The first-order chi connectivity index (χ1) is 10.3. The number of benzene rings is 1. The van der Waals surface area contributed by atoms with Crippen molar-refractivity contribution in [1.29, 1.82) is 0 Å². The third-order valence-corrected chi connectivity index (χ3v) is 4.10. The predicted octanol–water partition coefficient (Wildman–Crippen LogP) is 2.67. The maximum atomic E-state index is 5.63. The molecular formula is C17H28N2O2. The number of rotatable bonds is 7. The average molecular weight is 292 g/mol. The molecule has 118 valence electrons. The molecule has 0 radical (unpaired) electrons. The fourth-order valence-corrected chi connectivity index (χ4v) is 2.96. The van der Waals surface area contributed by atoms with Crippen molar-refractivity contribution in [3.63, 3.8) is 0 Å². The molecule has 0 spiro atoms. The van der Waals surface area contributed by atoms with Gasteiger partial charge in [0.25, 0.3) is 0 Å². The summed E-state index contributed by atoms with van der Waals surface area (Å²) in [6.45, 7) is 9.22. The number of para-hydroxylation sites is 1. The van der Waals surface area contributed by atoms with Gasteiger partial charge in [0.2, 0.25) is 0 Å². The van der Waals surface area contributed by atoms with Crippen molar-refractivity contribution in [2.45, 2.75) is 39.3 Å². The minimum atomic E-state index is 0.569. The second-order valence-corrected chi connectivity index (χ2v) is 5.49. The Morgan fingerprint density at radius 3 is 2.90 bits per heavy atom. The third kappa shape index (κ3) is 4.35. The van der Waals surface area contributed by atoms with Gasteiger partial charge in [-0.15, -0.1) is 0 Å². The van der Waals surface area contributed by atoms with Crippen LogP contribution in [0.4, 0.5) is 0 Å². The van der Waals surface area contributed by atoms with Crippen molar-refractivity contribution < 1.29 is 9.47 Å². The van der Waals surface area contributed by atoms with E-state index in [1.807, 2.05) is 19.1 Å². The van der Waals surface area contributed by atoms with Crippen LogP contribution >= 0.6 is 0 Å². The van der Waals surface area contributed by atoms with E-state index in [9.17, 15) is 0 Å². The van der Waals surface area contributed by atoms with Crippen molar-refractivity contribution in [3.8, 4) is 11.5 Å². The van der Waals surface area contributed by atoms with E-state index in [1.54, 1.807) is 7.11 Å². The molecule has 1 aromatic carbocycles. The maximum Gasteiger partial charge on any atom is 0.165 e. The van der Waals surface area contributed by atoms with Crippen LogP contribution in [0.5, 0.6) is 11.5 Å². The van der Waals surface area contributed by atoms with Crippen molar-refractivity contribution in [1.82, 2.24) is 10.2 Å². The van der Waals surface area contributed by atoms with Gasteiger partial charge in [-0.3, -0.25) is 0 Å². The van der Waals surface area contributed by atoms with Crippen LogP contribution in [0.1, 0.15) is 32.3 Å². The molecule has 4 heteroatoms. The first kappa shape index (κ1) is 16.1. The van der Waals surface area contributed by atoms with Crippen molar-refractivity contribution >= 4 is 0 Å². The fraction of sp³-hybridized carbons (Fsp3) is 0.647. The van der Waals surface area contributed by atoms with Gasteiger partial charge in [0.05, 0.1) is 13.7 Å². The monoisotopic (exact) mass is 292 g/mol. The van der Waals surface area contributed by atoms with E-state index in [2.05, 4.69) is 23.2 Å². The topological polar surface area (TPSA) is 33.7 Å². The van der Waals surface area contributed by atoms with E-state index in [4.69, 9.17) is 9.47 Å². The van der Waals surface area contributed by atoms with Gasteiger partial charge in [0.15, 0.2) is 11.5 Å². The van der Waals surface area contributed by atoms with Gasteiger partial charge in [-0.1, -0.05) is 19.1 Å². The standard InChI is InChI=1S/C17H28N2O2/c1-4-19-11-7-9-15(13-19)18-12-14-8-6-10-16(21-5-2)17(14)20-3/h6,8,10,15,18H,4-5,7,9,11-13H2,1-3H3. The van der Waals surface area contributed by atoms with Crippen LogP contribution in [0.25, 0.3) is 0 Å². The van der Waals surface area contributed by atoms with Gasteiger partial charge >= 0.3 is 0 Å². The second-order valence-electron chi connectivity index (χ2n) is 5.49. The average Bonchev–Trinajstić information content (AvgIpc) is 2.53. The molecule has 2 rings (SSSR count). The van der Waals surface area contributed by atoms with Gasteiger partial charge in [0.1, 0.15) is 0 Å². The highest BCUT2D eigenvalue weighted by molar-refractivity contribution is 5.46. The molecule has 0 amide bonds. The largest absolute Gasteiger partial charge is 0.493 e. The molecule has 0 aliphatic carbocycles. The Kier molecular flexibility index (Phi) is 6.33.